The highest BCUT2D eigenvalue weighted by Crippen LogP contribution is 2.56. The van der Waals surface area contributed by atoms with E-state index in [1.807, 2.05) is 0 Å². The lowest BCUT2D eigenvalue weighted by molar-refractivity contribution is -0.121. The Balaban J connectivity index is 2.04. The van der Waals surface area contributed by atoms with E-state index in [0.29, 0.717) is 29.7 Å². The van der Waals surface area contributed by atoms with E-state index in [9.17, 15) is 4.79 Å². The number of hydrogen-bond acceptors (Lipinski definition) is 1. The SMILES string of the molecule is O=C1N[C@@H]2C=CCC3C1[C@@H]32. The lowest BCUT2D eigenvalue weighted by Gasteiger charge is -2.14. The largest absolute Gasteiger partial charge is 0.349 e. The number of nitrogens with one attached hydrogen (secondary N) is 1. The molecule has 1 N–H and O–H groups in total. The van der Waals surface area contributed by atoms with Crippen LogP contribution >= 0.6 is 0 Å². The van der Waals surface area contributed by atoms with Gasteiger partial charge in [0, 0.05) is 5.92 Å². The summed E-state index contributed by atoms with van der Waals surface area (Å²) < 4.78 is 0. The van der Waals surface area contributed by atoms with Crippen molar-refractivity contribution >= 4 is 5.91 Å². The minimum Gasteiger partial charge on any atom is -0.349 e. The van der Waals surface area contributed by atoms with Gasteiger partial charge in [-0.3, -0.25) is 4.79 Å². The van der Waals surface area contributed by atoms with Gasteiger partial charge in [0.1, 0.15) is 0 Å². The minimum atomic E-state index is 0.296. The molecule has 1 saturated heterocycles. The minimum absolute atomic E-state index is 0.296. The standard InChI is InChI=1S/C8H9NO/c10-8-7-4-2-1-3-5(9-8)6(4)7/h1,3-7H,2H2,(H,9,10)/t4?,5-,6+,7?/m1/s1. The first kappa shape index (κ1) is 4.94. The highest BCUT2D eigenvalue weighted by atomic mass is 16.2. The third-order valence-corrected chi connectivity index (χ3v) is 3.01. The first-order valence-corrected chi connectivity index (χ1v) is 3.85. The number of amides is 1. The first-order chi connectivity index (χ1) is 4.88. The van der Waals surface area contributed by atoms with Crippen LogP contribution in [0.3, 0.4) is 0 Å². The van der Waals surface area contributed by atoms with Crippen molar-refractivity contribution in [2.45, 2.75) is 12.5 Å². The molecule has 0 bridgehead atoms. The van der Waals surface area contributed by atoms with Gasteiger partial charge in [-0.1, -0.05) is 12.2 Å². The summed E-state index contributed by atoms with van der Waals surface area (Å²) in [5.74, 6) is 2.07. The number of carbonyl (C=O) groups is 1. The van der Waals surface area contributed by atoms with Crippen molar-refractivity contribution < 1.29 is 4.79 Å². The van der Waals surface area contributed by atoms with Crippen LogP contribution in [-0.2, 0) is 4.79 Å². The molecule has 0 aromatic carbocycles. The molecule has 4 atom stereocenters. The highest BCUT2D eigenvalue weighted by molar-refractivity contribution is 5.86. The second-order valence-corrected chi connectivity index (χ2v) is 3.47. The molecule has 2 aliphatic carbocycles. The Labute approximate surface area is 59.3 Å². The van der Waals surface area contributed by atoms with Gasteiger partial charge < -0.3 is 5.32 Å². The summed E-state index contributed by atoms with van der Waals surface area (Å²) in [6.07, 6.45) is 5.48. The van der Waals surface area contributed by atoms with Crippen LogP contribution in [0.1, 0.15) is 6.42 Å². The molecule has 2 fully saturated rings. The van der Waals surface area contributed by atoms with E-state index in [2.05, 4.69) is 17.5 Å². The van der Waals surface area contributed by atoms with Crippen molar-refractivity contribution in [3.63, 3.8) is 0 Å². The Morgan fingerprint density at radius 2 is 2.50 bits per heavy atom. The number of allylic oxidation sites excluding steroid dienone is 1. The van der Waals surface area contributed by atoms with Crippen molar-refractivity contribution in [1.82, 2.24) is 5.32 Å². The summed E-state index contributed by atoms with van der Waals surface area (Å²) in [7, 11) is 0. The summed E-state index contributed by atoms with van der Waals surface area (Å²) in [4.78, 5) is 11.1. The fourth-order valence-electron chi connectivity index (χ4n) is 2.48. The predicted molar refractivity (Wildman–Crippen MR) is 36.2 cm³/mol. The molecular weight excluding hydrogens is 126 g/mol. The van der Waals surface area contributed by atoms with Crippen molar-refractivity contribution in [2.75, 3.05) is 0 Å². The van der Waals surface area contributed by atoms with Crippen LogP contribution in [0, 0.1) is 17.8 Å². The molecule has 2 heteroatoms. The number of carbonyl (C=O) groups excluding carboxylic acids is 1. The molecule has 1 saturated carbocycles. The summed E-state index contributed by atoms with van der Waals surface area (Å²) in [6, 6.07) is 0.399. The smallest absolute Gasteiger partial charge is 0.224 e. The van der Waals surface area contributed by atoms with Gasteiger partial charge in [-0.05, 0) is 18.3 Å². The van der Waals surface area contributed by atoms with Crippen LogP contribution in [0.5, 0.6) is 0 Å². The number of rotatable bonds is 0. The van der Waals surface area contributed by atoms with E-state index >= 15 is 0 Å². The van der Waals surface area contributed by atoms with Crippen LogP contribution in [-0.4, -0.2) is 11.9 Å². The molecule has 3 aliphatic rings. The molecule has 3 rings (SSSR count). The van der Waals surface area contributed by atoms with Crippen molar-refractivity contribution in [2.24, 2.45) is 17.8 Å². The van der Waals surface area contributed by atoms with Gasteiger partial charge >= 0.3 is 0 Å². The van der Waals surface area contributed by atoms with Crippen LogP contribution in [0.2, 0.25) is 0 Å². The molecule has 0 aromatic rings. The van der Waals surface area contributed by atoms with Crippen molar-refractivity contribution in [1.29, 1.82) is 0 Å². The second kappa shape index (κ2) is 1.29. The Hall–Kier alpha value is -0.790. The van der Waals surface area contributed by atoms with Crippen LogP contribution in [0.25, 0.3) is 0 Å². The Kier molecular flexibility index (Phi) is 0.636. The monoisotopic (exact) mass is 135 g/mol. The molecule has 0 radical (unpaired) electrons. The zero-order chi connectivity index (χ0) is 6.72. The normalized spacial score (nSPS) is 54.2. The van der Waals surface area contributed by atoms with Crippen molar-refractivity contribution in [3.8, 4) is 0 Å². The number of fused-ring (bicyclic) bond motifs is 1. The number of hydrogen-bond donors (Lipinski definition) is 1. The maximum absolute atomic E-state index is 11.1. The Morgan fingerprint density at radius 3 is 3.20 bits per heavy atom. The van der Waals surface area contributed by atoms with E-state index in [4.69, 9.17) is 0 Å². The van der Waals surface area contributed by atoms with E-state index in [-0.39, 0.29) is 0 Å². The van der Waals surface area contributed by atoms with Gasteiger partial charge in [0.15, 0.2) is 0 Å². The number of piperidine rings is 1. The van der Waals surface area contributed by atoms with E-state index in [1.54, 1.807) is 0 Å². The molecule has 52 valence electrons. The Bertz CT molecular complexity index is 233. The topological polar surface area (TPSA) is 29.1 Å². The van der Waals surface area contributed by atoms with Gasteiger partial charge in [-0.25, -0.2) is 0 Å². The van der Waals surface area contributed by atoms with Gasteiger partial charge in [-0.15, -0.1) is 0 Å². The summed E-state index contributed by atoms with van der Waals surface area (Å²) in [5, 5.41) is 2.96. The summed E-state index contributed by atoms with van der Waals surface area (Å²) in [6.45, 7) is 0. The Morgan fingerprint density at radius 1 is 1.60 bits per heavy atom. The average molecular weight is 135 g/mol. The van der Waals surface area contributed by atoms with E-state index in [1.165, 1.54) is 0 Å². The summed E-state index contributed by atoms with van der Waals surface area (Å²) >= 11 is 0. The van der Waals surface area contributed by atoms with E-state index < -0.39 is 0 Å². The van der Waals surface area contributed by atoms with Crippen molar-refractivity contribution in [3.05, 3.63) is 12.2 Å². The molecule has 2 unspecified atom stereocenters. The van der Waals surface area contributed by atoms with Gasteiger partial charge in [-0.2, -0.15) is 0 Å². The lowest BCUT2D eigenvalue weighted by atomic mass is 10.0. The quantitative estimate of drug-likeness (QED) is 0.476. The fourth-order valence-corrected chi connectivity index (χ4v) is 2.48. The first-order valence-electron chi connectivity index (χ1n) is 3.85. The fraction of sp³-hybridized carbons (Fsp3) is 0.625. The molecule has 1 heterocycles. The summed E-state index contributed by atoms with van der Waals surface area (Å²) in [5.41, 5.74) is 0. The highest BCUT2D eigenvalue weighted by Gasteiger charge is 2.62. The molecule has 0 aromatic heterocycles. The molecule has 1 aliphatic heterocycles. The second-order valence-electron chi connectivity index (χ2n) is 3.47. The third-order valence-electron chi connectivity index (χ3n) is 3.01. The van der Waals surface area contributed by atoms with Crippen LogP contribution < -0.4 is 5.32 Å². The molecule has 10 heavy (non-hydrogen) atoms. The lowest BCUT2D eigenvalue weighted by Crippen LogP contribution is -2.32. The van der Waals surface area contributed by atoms with Gasteiger partial charge in [0.25, 0.3) is 0 Å². The molecule has 2 nitrogen and oxygen atoms in total. The van der Waals surface area contributed by atoms with E-state index in [0.717, 1.165) is 6.42 Å². The maximum atomic E-state index is 11.1. The zero-order valence-electron chi connectivity index (χ0n) is 5.58. The predicted octanol–water partition coefficient (Wildman–Crippen LogP) is 0.307. The molecule has 1 amide bonds. The van der Waals surface area contributed by atoms with Gasteiger partial charge in [0.2, 0.25) is 5.91 Å². The molecule has 0 spiro atoms. The molecular formula is C8H9NO. The van der Waals surface area contributed by atoms with Crippen LogP contribution in [0.4, 0.5) is 0 Å². The van der Waals surface area contributed by atoms with Gasteiger partial charge in [0.05, 0.1) is 6.04 Å². The average Bonchev–Trinajstić information content (AvgIpc) is 2.51. The maximum Gasteiger partial charge on any atom is 0.224 e. The van der Waals surface area contributed by atoms with Crippen LogP contribution in [0.15, 0.2) is 12.2 Å². The third kappa shape index (κ3) is 0.376. The zero-order valence-corrected chi connectivity index (χ0v) is 5.58.